The molecule has 0 aliphatic rings. The number of hydrogen-bond acceptors (Lipinski definition) is 3. The molecule has 0 aliphatic heterocycles. The topological polar surface area (TPSA) is 58.6 Å². The number of halogens is 3. The molecule has 0 radical (unpaired) electrons. The van der Waals surface area contributed by atoms with E-state index in [2.05, 4.69) is 5.32 Å². The highest BCUT2D eigenvalue weighted by Gasteiger charge is 2.33. The molecule has 0 fully saturated rings. The molecule has 0 aliphatic carbocycles. The first kappa shape index (κ1) is 20.3. The SMILES string of the molecule is CCOc1ccc(N(CC(=O)Nc2ccccc2C(F)(F)F)C(C)=O)cc1. The molecule has 2 rings (SSSR count). The Hall–Kier alpha value is -3.03. The van der Waals surface area contributed by atoms with Gasteiger partial charge in [-0.3, -0.25) is 9.59 Å². The Morgan fingerprint density at radius 2 is 1.70 bits per heavy atom. The summed E-state index contributed by atoms with van der Waals surface area (Å²) in [7, 11) is 0. The molecule has 27 heavy (non-hydrogen) atoms. The van der Waals surface area contributed by atoms with Crippen molar-refractivity contribution in [2.45, 2.75) is 20.0 Å². The van der Waals surface area contributed by atoms with Crippen LogP contribution >= 0.6 is 0 Å². The third-order valence-corrected chi connectivity index (χ3v) is 3.65. The van der Waals surface area contributed by atoms with Gasteiger partial charge in [-0.1, -0.05) is 12.1 Å². The van der Waals surface area contributed by atoms with Gasteiger partial charge in [0.2, 0.25) is 11.8 Å². The summed E-state index contributed by atoms with van der Waals surface area (Å²) in [4.78, 5) is 25.3. The summed E-state index contributed by atoms with van der Waals surface area (Å²) in [5, 5.41) is 2.23. The van der Waals surface area contributed by atoms with Gasteiger partial charge in [-0.05, 0) is 43.3 Å². The van der Waals surface area contributed by atoms with Crippen molar-refractivity contribution < 1.29 is 27.5 Å². The maximum Gasteiger partial charge on any atom is 0.418 e. The van der Waals surface area contributed by atoms with Crippen LogP contribution in [-0.2, 0) is 15.8 Å². The number of nitrogens with zero attached hydrogens (tertiary/aromatic N) is 1. The molecule has 0 aromatic heterocycles. The van der Waals surface area contributed by atoms with E-state index in [1.165, 1.54) is 24.0 Å². The first-order chi connectivity index (χ1) is 12.7. The minimum atomic E-state index is -4.60. The molecule has 0 heterocycles. The van der Waals surface area contributed by atoms with Gasteiger partial charge in [-0.15, -0.1) is 0 Å². The zero-order valence-corrected chi connectivity index (χ0v) is 14.8. The Kier molecular flexibility index (Phi) is 6.44. The Morgan fingerprint density at radius 1 is 1.07 bits per heavy atom. The number of nitrogens with one attached hydrogen (secondary N) is 1. The molecule has 0 spiro atoms. The summed E-state index contributed by atoms with van der Waals surface area (Å²) in [5.41, 5.74) is -0.871. The van der Waals surface area contributed by atoms with E-state index in [0.29, 0.717) is 18.0 Å². The van der Waals surface area contributed by atoms with E-state index in [-0.39, 0.29) is 5.69 Å². The fourth-order valence-electron chi connectivity index (χ4n) is 2.45. The molecule has 0 atom stereocenters. The molecule has 2 amide bonds. The number of carbonyl (C=O) groups excluding carboxylic acids is 2. The van der Waals surface area contributed by atoms with E-state index in [1.54, 1.807) is 24.3 Å². The molecule has 1 N–H and O–H groups in total. The predicted octanol–water partition coefficient (Wildman–Crippen LogP) is 4.10. The van der Waals surface area contributed by atoms with E-state index in [1.807, 2.05) is 6.92 Å². The zero-order chi connectivity index (χ0) is 20.0. The Balaban J connectivity index is 2.16. The minimum absolute atomic E-state index is 0.356. The molecule has 0 saturated carbocycles. The molecule has 2 aromatic carbocycles. The third-order valence-electron chi connectivity index (χ3n) is 3.65. The van der Waals surface area contributed by atoms with Crippen molar-refractivity contribution in [2.75, 3.05) is 23.4 Å². The van der Waals surface area contributed by atoms with Crippen LogP contribution in [0.15, 0.2) is 48.5 Å². The van der Waals surface area contributed by atoms with E-state index < -0.39 is 30.1 Å². The highest BCUT2D eigenvalue weighted by Crippen LogP contribution is 2.34. The molecule has 0 unspecified atom stereocenters. The second-order valence-corrected chi connectivity index (χ2v) is 5.62. The van der Waals surface area contributed by atoms with Crippen LogP contribution in [0.3, 0.4) is 0 Å². The molecular weight excluding hydrogens is 361 g/mol. The van der Waals surface area contributed by atoms with E-state index in [0.717, 1.165) is 12.1 Å². The quantitative estimate of drug-likeness (QED) is 0.821. The molecule has 0 bridgehead atoms. The lowest BCUT2D eigenvalue weighted by Gasteiger charge is -2.21. The summed E-state index contributed by atoms with van der Waals surface area (Å²) < 4.78 is 44.4. The van der Waals surface area contributed by atoms with Gasteiger partial charge >= 0.3 is 6.18 Å². The lowest BCUT2D eigenvalue weighted by Crippen LogP contribution is -2.37. The number of ether oxygens (including phenoxy) is 1. The van der Waals surface area contributed by atoms with Crippen LogP contribution in [0.1, 0.15) is 19.4 Å². The Morgan fingerprint density at radius 3 is 2.26 bits per heavy atom. The first-order valence-electron chi connectivity index (χ1n) is 8.19. The second kappa shape index (κ2) is 8.57. The van der Waals surface area contributed by atoms with Crippen LogP contribution < -0.4 is 15.0 Å². The molecule has 144 valence electrons. The minimum Gasteiger partial charge on any atom is -0.494 e. The monoisotopic (exact) mass is 380 g/mol. The van der Waals surface area contributed by atoms with Crippen molar-refractivity contribution in [1.29, 1.82) is 0 Å². The number of para-hydroxylation sites is 1. The Bertz CT molecular complexity index is 805. The molecule has 0 saturated heterocycles. The number of carbonyl (C=O) groups is 2. The zero-order valence-electron chi connectivity index (χ0n) is 14.8. The normalized spacial score (nSPS) is 11.0. The van der Waals surface area contributed by atoms with Crippen LogP contribution in [0.5, 0.6) is 5.75 Å². The molecular formula is C19H19F3N2O3. The van der Waals surface area contributed by atoms with Crippen LogP contribution in [0.2, 0.25) is 0 Å². The van der Waals surface area contributed by atoms with E-state index in [4.69, 9.17) is 4.74 Å². The summed E-state index contributed by atoms with van der Waals surface area (Å²) in [5.74, 6) is -0.553. The van der Waals surface area contributed by atoms with Crippen molar-refractivity contribution in [1.82, 2.24) is 0 Å². The van der Waals surface area contributed by atoms with Crippen LogP contribution in [0.4, 0.5) is 24.5 Å². The highest BCUT2D eigenvalue weighted by molar-refractivity contribution is 6.02. The summed E-state index contributed by atoms with van der Waals surface area (Å²) in [6, 6.07) is 11.2. The van der Waals surface area contributed by atoms with Gasteiger partial charge in [0.05, 0.1) is 17.9 Å². The van der Waals surface area contributed by atoms with E-state index >= 15 is 0 Å². The summed E-state index contributed by atoms with van der Waals surface area (Å²) in [6.07, 6.45) is -4.60. The number of anilines is 2. The third kappa shape index (κ3) is 5.47. The molecule has 8 heteroatoms. The molecule has 5 nitrogen and oxygen atoms in total. The van der Waals surface area contributed by atoms with Crippen molar-refractivity contribution in [2.24, 2.45) is 0 Å². The van der Waals surface area contributed by atoms with Crippen molar-refractivity contribution in [3.63, 3.8) is 0 Å². The van der Waals surface area contributed by atoms with Gasteiger partial charge in [-0.2, -0.15) is 13.2 Å². The maximum atomic E-state index is 13.0. The number of alkyl halides is 3. The van der Waals surface area contributed by atoms with Crippen molar-refractivity contribution >= 4 is 23.2 Å². The largest absolute Gasteiger partial charge is 0.494 e. The van der Waals surface area contributed by atoms with Crippen LogP contribution in [0, 0.1) is 0 Å². The second-order valence-electron chi connectivity index (χ2n) is 5.62. The standard InChI is InChI=1S/C19H19F3N2O3/c1-3-27-15-10-8-14(9-11-15)24(13(2)25)12-18(26)23-17-7-5-4-6-16(17)19(20,21)22/h4-11H,3,12H2,1-2H3,(H,23,26). The van der Waals surface area contributed by atoms with Gasteiger partial charge < -0.3 is 15.0 Å². The van der Waals surface area contributed by atoms with Gasteiger partial charge in [0, 0.05) is 12.6 Å². The first-order valence-corrected chi connectivity index (χ1v) is 8.19. The fraction of sp³-hybridized carbons (Fsp3) is 0.263. The smallest absolute Gasteiger partial charge is 0.418 e. The van der Waals surface area contributed by atoms with Gasteiger partial charge in [0.15, 0.2) is 0 Å². The van der Waals surface area contributed by atoms with Gasteiger partial charge in [0.25, 0.3) is 0 Å². The van der Waals surface area contributed by atoms with E-state index in [9.17, 15) is 22.8 Å². The Labute approximate surface area is 154 Å². The number of benzene rings is 2. The summed E-state index contributed by atoms with van der Waals surface area (Å²) in [6.45, 7) is 3.17. The predicted molar refractivity (Wildman–Crippen MR) is 95.7 cm³/mol. The summed E-state index contributed by atoms with van der Waals surface area (Å²) >= 11 is 0. The maximum absolute atomic E-state index is 13.0. The van der Waals surface area contributed by atoms with Gasteiger partial charge in [-0.25, -0.2) is 0 Å². The van der Waals surface area contributed by atoms with Crippen LogP contribution in [-0.4, -0.2) is 25.0 Å². The van der Waals surface area contributed by atoms with Crippen molar-refractivity contribution in [3.8, 4) is 5.75 Å². The lowest BCUT2D eigenvalue weighted by molar-refractivity contribution is -0.137. The lowest BCUT2D eigenvalue weighted by atomic mass is 10.1. The number of rotatable bonds is 6. The molecule has 2 aromatic rings. The average Bonchev–Trinajstić information content (AvgIpc) is 2.60. The number of hydrogen-bond donors (Lipinski definition) is 1. The highest BCUT2D eigenvalue weighted by atomic mass is 19.4. The van der Waals surface area contributed by atoms with Crippen molar-refractivity contribution in [3.05, 3.63) is 54.1 Å². The number of amides is 2. The van der Waals surface area contributed by atoms with Crippen LogP contribution in [0.25, 0.3) is 0 Å². The van der Waals surface area contributed by atoms with Gasteiger partial charge in [0.1, 0.15) is 12.3 Å². The fourth-order valence-corrected chi connectivity index (χ4v) is 2.45. The average molecular weight is 380 g/mol.